The molecule has 90 valence electrons. The Morgan fingerprint density at radius 1 is 0.889 bits per heavy atom. The average Bonchev–Trinajstić information content (AvgIpc) is 2.90. The third kappa shape index (κ3) is 1.25. The highest BCUT2D eigenvalue weighted by Gasteiger charge is 2.47. The summed E-state index contributed by atoms with van der Waals surface area (Å²) in [4.78, 5) is 0. The number of fused-ring (bicyclic) bond motifs is 4. The summed E-state index contributed by atoms with van der Waals surface area (Å²) in [5, 5.41) is 0. The Balaban J connectivity index is 2.01. The van der Waals surface area contributed by atoms with Gasteiger partial charge in [-0.1, -0.05) is 43.2 Å². The first-order valence-electron chi connectivity index (χ1n) is 6.97. The molecule has 0 bridgehead atoms. The molecule has 4 rings (SSSR count). The number of benzene rings is 1. The van der Waals surface area contributed by atoms with E-state index in [-0.39, 0.29) is 0 Å². The molecular weight excluding hydrogens is 218 g/mol. The van der Waals surface area contributed by atoms with E-state index in [1.54, 1.807) is 5.56 Å². The summed E-state index contributed by atoms with van der Waals surface area (Å²) in [7, 11) is 0. The smallest absolute Gasteiger partial charge is 0.192 e. The number of hydrogen-bond acceptors (Lipinski definition) is 0. The van der Waals surface area contributed by atoms with Gasteiger partial charge >= 0.3 is 0 Å². The molecule has 1 aromatic heterocycles. The Labute approximate surface area is 108 Å². The fourth-order valence-corrected chi connectivity index (χ4v) is 4.00. The molecule has 1 fully saturated rings. The van der Waals surface area contributed by atoms with Crippen LogP contribution in [-0.2, 0) is 12.0 Å². The number of nitrogens with zero attached hydrogens (tertiary/aromatic N) is 1. The van der Waals surface area contributed by atoms with Gasteiger partial charge in [-0.15, -0.1) is 0 Å². The van der Waals surface area contributed by atoms with Gasteiger partial charge in [-0.2, -0.15) is 4.57 Å². The minimum Gasteiger partial charge on any atom is -0.197 e. The summed E-state index contributed by atoms with van der Waals surface area (Å²) in [6.45, 7) is 1.04. The van der Waals surface area contributed by atoms with E-state index in [2.05, 4.69) is 53.2 Å². The summed E-state index contributed by atoms with van der Waals surface area (Å²) < 4.78 is 2.45. The predicted molar refractivity (Wildman–Crippen MR) is 71.4 cm³/mol. The van der Waals surface area contributed by atoms with Gasteiger partial charge in [-0.25, -0.2) is 0 Å². The molecule has 2 aliphatic rings. The first-order valence-corrected chi connectivity index (χ1v) is 6.97. The maximum absolute atomic E-state index is 2.45. The van der Waals surface area contributed by atoms with E-state index in [4.69, 9.17) is 0 Å². The van der Waals surface area contributed by atoms with E-state index in [0.29, 0.717) is 5.41 Å². The Kier molecular flexibility index (Phi) is 2.11. The normalized spacial score (nSPS) is 19.6. The lowest BCUT2D eigenvalue weighted by Gasteiger charge is -2.32. The molecule has 1 nitrogen and oxygen atoms in total. The molecule has 0 unspecified atom stereocenters. The number of hydrogen-bond donors (Lipinski definition) is 0. The van der Waals surface area contributed by atoms with Crippen LogP contribution in [0.1, 0.15) is 42.5 Å². The van der Waals surface area contributed by atoms with Gasteiger partial charge in [-0.05, 0) is 18.4 Å². The van der Waals surface area contributed by atoms with Crippen molar-refractivity contribution >= 4 is 0 Å². The fraction of sp³-hybridized carbons (Fsp3) is 0.353. The number of rotatable bonds is 0. The van der Waals surface area contributed by atoms with Gasteiger partial charge in [0, 0.05) is 17.7 Å². The second-order valence-corrected chi connectivity index (χ2v) is 5.66. The molecular formula is C17H18N+. The van der Waals surface area contributed by atoms with Crippen LogP contribution in [0, 0.1) is 0 Å². The van der Waals surface area contributed by atoms with E-state index < -0.39 is 0 Å². The van der Waals surface area contributed by atoms with Crippen LogP contribution >= 0.6 is 0 Å². The molecule has 2 aromatic rings. The van der Waals surface area contributed by atoms with E-state index in [1.807, 2.05) is 0 Å². The zero-order valence-corrected chi connectivity index (χ0v) is 10.6. The molecule has 0 saturated heterocycles. The van der Waals surface area contributed by atoms with Gasteiger partial charge in [0.2, 0.25) is 0 Å². The summed E-state index contributed by atoms with van der Waals surface area (Å²) in [5.41, 5.74) is 4.94. The van der Waals surface area contributed by atoms with Gasteiger partial charge in [0.15, 0.2) is 18.4 Å². The van der Waals surface area contributed by atoms with Gasteiger partial charge in [0.05, 0.1) is 5.41 Å². The predicted octanol–water partition coefficient (Wildman–Crippen LogP) is 3.20. The molecule has 1 heteroatoms. The topological polar surface area (TPSA) is 3.88 Å². The second-order valence-electron chi connectivity index (χ2n) is 5.66. The van der Waals surface area contributed by atoms with Gasteiger partial charge in [0.1, 0.15) is 0 Å². The Morgan fingerprint density at radius 3 is 2.56 bits per heavy atom. The summed E-state index contributed by atoms with van der Waals surface area (Å²) in [6, 6.07) is 15.7. The van der Waals surface area contributed by atoms with Crippen LogP contribution in [0.25, 0.3) is 0 Å². The molecule has 1 aliphatic heterocycles. The lowest BCUT2D eigenvalue weighted by atomic mass is 9.72. The minimum absolute atomic E-state index is 0.302. The molecule has 1 aliphatic carbocycles. The van der Waals surface area contributed by atoms with Crippen LogP contribution in [0.15, 0.2) is 48.7 Å². The maximum Gasteiger partial charge on any atom is 0.192 e. The van der Waals surface area contributed by atoms with Crippen molar-refractivity contribution in [2.45, 2.75) is 37.6 Å². The highest BCUT2D eigenvalue weighted by atomic mass is 15.0. The molecule has 1 saturated carbocycles. The van der Waals surface area contributed by atoms with Gasteiger partial charge in [0.25, 0.3) is 0 Å². The van der Waals surface area contributed by atoms with E-state index >= 15 is 0 Å². The Hall–Kier alpha value is -1.63. The van der Waals surface area contributed by atoms with Crippen molar-refractivity contribution in [1.29, 1.82) is 0 Å². The highest BCUT2D eigenvalue weighted by Crippen LogP contribution is 2.47. The van der Waals surface area contributed by atoms with Crippen LogP contribution in [-0.4, -0.2) is 0 Å². The first kappa shape index (κ1) is 10.3. The molecule has 2 heterocycles. The SMILES string of the molecule is c1ccc2c(c1)C[n+]1ccccc1C21CCCC1. The molecule has 0 atom stereocenters. The van der Waals surface area contributed by atoms with Crippen molar-refractivity contribution in [2.24, 2.45) is 0 Å². The van der Waals surface area contributed by atoms with Crippen LogP contribution in [0.5, 0.6) is 0 Å². The molecule has 1 aromatic carbocycles. The van der Waals surface area contributed by atoms with Crippen molar-refractivity contribution < 1.29 is 4.57 Å². The Bertz CT molecular complexity index is 547. The van der Waals surface area contributed by atoms with Crippen molar-refractivity contribution in [3.8, 4) is 0 Å². The lowest BCUT2D eigenvalue weighted by molar-refractivity contribution is -0.701. The van der Waals surface area contributed by atoms with Crippen LogP contribution in [0.2, 0.25) is 0 Å². The lowest BCUT2D eigenvalue weighted by Crippen LogP contribution is -2.50. The van der Waals surface area contributed by atoms with Gasteiger partial charge < -0.3 is 0 Å². The quantitative estimate of drug-likeness (QED) is 0.618. The van der Waals surface area contributed by atoms with E-state index in [1.165, 1.54) is 36.9 Å². The minimum atomic E-state index is 0.302. The zero-order valence-electron chi connectivity index (χ0n) is 10.6. The summed E-state index contributed by atoms with van der Waals surface area (Å²) in [6.07, 6.45) is 7.60. The number of aromatic nitrogens is 1. The monoisotopic (exact) mass is 236 g/mol. The maximum atomic E-state index is 2.45. The molecule has 0 radical (unpaired) electrons. The third-order valence-electron chi connectivity index (χ3n) is 4.76. The van der Waals surface area contributed by atoms with Crippen LogP contribution in [0.4, 0.5) is 0 Å². The largest absolute Gasteiger partial charge is 0.197 e. The summed E-state index contributed by atoms with van der Waals surface area (Å²) >= 11 is 0. The molecule has 0 N–H and O–H groups in total. The van der Waals surface area contributed by atoms with Crippen LogP contribution in [0.3, 0.4) is 0 Å². The molecule has 1 spiro atoms. The van der Waals surface area contributed by atoms with E-state index in [9.17, 15) is 0 Å². The summed E-state index contributed by atoms with van der Waals surface area (Å²) in [5.74, 6) is 0. The van der Waals surface area contributed by atoms with Gasteiger partial charge in [-0.3, -0.25) is 0 Å². The van der Waals surface area contributed by atoms with Crippen molar-refractivity contribution in [3.63, 3.8) is 0 Å². The zero-order chi connectivity index (χ0) is 12.0. The molecule has 0 amide bonds. The van der Waals surface area contributed by atoms with Crippen LogP contribution < -0.4 is 4.57 Å². The fourth-order valence-electron chi connectivity index (χ4n) is 4.00. The third-order valence-corrected chi connectivity index (χ3v) is 4.76. The molecule has 18 heavy (non-hydrogen) atoms. The highest BCUT2D eigenvalue weighted by molar-refractivity contribution is 5.42. The van der Waals surface area contributed by atoms with E-state index in [0.717, 1.165) is 6.54 Å². The van der Waals surface area contributed by atoms with Crippen molar-refractivity contribution in [3.05, 3.63) is 65.5 Å². The first-order chi connectivity index (χ1) is 8.90. The standard InChI is InChI=1S/C17H18N/c1-2-8-15-14(7-1)13-18-12-6-3-9-16(18)17(15)10-4-5-11-17/h1-3,6-9,12H,4-5,10-11,13H2/q+1. The Morgan fingerprint density at radius 2 is 1.67 bits per heavy atom. The number of pyridine rings is 1. The average molecular weight is 236 g/mol. The van der Waals surface area contributed by atoms with Crippen molar-refractivity contribution in [1.82, 2.24) is 0 Å². The van der Waals surface area contributed by atoms with Crippen molar-refractivity contribution in [2.75, 3.05) is 0 Å². The second kappa shape index (κ2) is 3.68.